The highest BCUT2D eigenvalue weighted by Crippen LogP contribution is 2.22. The van der Waals surface area contributed by atoms with Gasteiger partial charge in [0, 0.05) is 24.3 Å². The summed E-state index contributed by atoms with van der Waals surface area (Å²) in [5.41, 5.74) is -0.435. The molecule has 142 valence electrons. The Labute approximate surface area is 152 Å². The minimum Gasteiger partial charge on any atom is -0.351 e. The monoisotopic (exact) mass is 381 g/mol. The number of rotatable bonds is 5. The van der Waals surface area contributed by atoms with Crippen LogP contribution in [-0.2, 0) is 24.2 Å². The zero-order chi connectivity index (χ0) is 19.5. The van der Waals surface area contributed by atoms with E-state index >= 15 is 0 Å². The summed E-state index contributed by atoms with van der Waals surface area (Å²) in [5, 5.41) is 7.90. The van der Waals surface area contributed by atoms with Crippen LogP contribution in [0.5, 0.6) is 0 Å². The minimum absolute atomic E-state index is 0.0422. The summed E-state index contributed by atoms with van der Waals surface area (Å²) in [7, 11) is -3.12. The van der Waals surface area contributed by atoms with Gasteiger partial charge in [0.2, 0.25) is 17.7 Å². The molecule has 0 aliphatic carbocycles. The van der Waals surface area contributed by atoms with Crippen molar-refractivity contribution in [2.24, 2.45) is 5.41 Å². The van der Waals surface area contributed by atoms with Gasteiger partial charge in [0.25, 0.3) is 0 Å². The van der Waals surface area contributed by atoms with E-state index in [4.69, 9.17) is 0 Å². The Bertz CT molecular complexity index is 833. The van der Waals surface area contributed by atoms with E-state index in [0.29, 0.717) is 17.8 Å². The molecule has 1 unspecified atom stereocenters. The van der Waals surface area contributed by atoms with Gasteiger partial charge in [-0.1, -0.05) is 6.07 Å². The maximum Gasteiger partial charge on any atom is 0.239 e. The summed E-state index contributed by atoms with van der Waals surface area (Å²) in [5.74, 6) is -1.36. The van der Waals surface area contributed by atoms with Crippen LogP contribution in [0.4, 0.5) is 11.4 Å². The average molecular weight is 381 g/mol. The predicted molar refractivity (Wildman–Crippen MR) is 98.4 cm³/mol. The van der Waals surface area contributed by atoms with Crippen LogP contribution in [0.2, 0.25) is 0 Å². The predicted octanol–water partition coefficient (Wildman–Crippen LogP) is 0.913. The van der Waals surface area contributed by atoms with E-state index < -0.39 is 33.1 Å². The molecule has 0 saturated carbocycles. The van der Waals surface area contributed by atoms with E-state index in [0.717, 1.165) is 0 Å². The zero-order valence-electron chi connectivity index (χ0n) is 15.0. The first-order chi connectivity index (χ1) is 12.0. The van der Waals surface area contributed by atoms with E-state index in [1.807, 2.05) is 0 Å². The van der Waals surface area contributed by atoms with Crippen molar-refractivity contribution in [3.63, 3.8) is 0 Å². The van der Waals surface area contributed by atoms with Crippen LogP contribution in [0.1, 0.15) is 27.2 Å². The Hall–Kier alpha value is -2.42. The lowest BCUT2D eigenvalue weighted by Gasteiger charge is -2.24. The summed E-state index contributed by atoms with van der Waals surface area (Å²) in [4.78, 5) is 36.1. The van der Waals surface area contributed by atoms with Gasteiger partial charge >= 0.3 is 0 Å². The highest BCUT2D eigenvalue weighted by molar-refractivity contribution is 7.91. The molecule has 2 rings (SSSR count). The number of carbonyl (C=O) groups is 3. The fourth-order valence-electron chi connectivity index (χ4n) is 2.54. The van der Waals surface area contributed by atoms with Crippen molar-refractivity contribution in [2.75, 3.05) is 22.1 Å². The maximum atomic E-state index is 12.5. The summed E-state index contributed by atoms with van der Waals surface area (Å²) in [6, 6.07) is 6.09. The van der Waals surface area contributed by atoms with Crippen molar-refractivity contribution in [3.8, 4) is 0 Å². The van der Waals surface area contributed by atoms with E-state index in [2.05, 4.69) is 16.0 Å². The van der Waals surface area contributed by atoms with Crippen molar-refractivity contribution in [1.82, 2.24) is 5.32 Å². The number of hydrogen-bond donors (Lipinski definition) is 3. The Morgan fingerprint density at radius 3 is 2.23 bits per heavy atom. The molecule has 1 heterocycles. The van der Waals surface area contributed by atoms with Gasteiger partial charge in [-0.15, -0.1) is 0 Å². The van der Waals surface area contributed by atoms with Gasteiger partial charge in [-0.25, -0.2) is 8.42 Å². The fourth-order valence-corrected chi connectivity index (χ4v) is 4.22. The number of benzene rings is 1. The van der Waals surface area contributed by atoms with Crippen LogP contribution in [0.15, 0.2) is 24.3 Å². The zero-order valence-corrected chi connectivity index (χ0v) is 15.8. The fraction of sp³-hybridized carbons (Fsp3) is 0.471. The Morgan fingerprint density at radius 1 is 1.08 bits per heavy atom. The van der Waals surface area contributed by atoms with Gasteiger partial charge in [0.1, 0.15) is 5.41 Å². The summed E-state index contributed by atoms with van der Waals surface area (Å²) < 4.78 is 23.0. The summed E-state index contributed by atoms with van der Waals surface area (Å²) in [6.45, 7) is 4.32. The number of amides is 3. The highest BCUT2D eigenvalue weighted by atomic mass is 32.2. The van der Waals surface area contributed by atoms with Crippen LogP contribution in [-0.4, -0.2) is 43.7 Å². The Morgan fingerprint density at radius 2 is 1.69 bits per heavy atom. The molecule has 1 aromatic carbocycles. The van der Waals surface area contributed by atoms with Gasteiger partial charge < -0.3 is 16.0 Å². The first kappa shape index (κ1) is 19.9. The number of sulfone groups is 1. The number of carbonyl (C=O) groups excluding carboxylic acids is 3. The van der Waals surface area contributed by atoms with Crippen molar-refractivity contribution in [1.29, 1.82) is 0 Å². The number of nitrogens with one attached hydrogen (secondary N) is 3. The summed E-state index contributed by atoms with van der Waals surface area (Å²) in [6.07, 6.45) is 0.352. The largest absolute Gasteiger partial charge is 0.351 e. The maximum absolute atomic E-state index is 12.5. The molecule has 0 spiro atoms. The standard InChI is InChI=1S/C17H23N3O5S/c1-11(21)18-12-5-4-6-13(9-12)19-15(22)17(2,3)16(23)20-14-7-8-26(24,25)10-14/h4-6,9,14H,7-8,10H2,1-3H3,(H,18,21)(H,19,22)(H,20,23). The lowest BCUT2D eigenvalue weighted by atomic mass is 9.90. The summed E-state index contributed by atoms with van der Waals surface area (Å²) >= 11 is 0. The lowest BCUT2D eigenvalue weighted by Crippen LogP contribution is -2.48. The van der Waals surface area contributed by atoms with E-state index in [1.54, 1.807) is 24.3 Å². The Kier molecular flexibility index (Phi) is 5.70. The van der Waals surface area contributed by atoms with Gasteiger partial charge in [-0.2, -0.15) is 0 Å². The van der Waals surface area contributed by atoms with Crippen molar-refractivity contribution < 1.29 is 22.8 Å². The third kappa shape index (κ3) is 5.04. The normalized spacial score (nSPS) is 18.8. The minimum atomic E-state index is -3.12. The molecule has 0 radical (unpaired) electrons. The molecule has 0 aromatic heterocycles. The van der Waals surface area contributed by atoms with E-state index in [-0.39, 0.29) is 17.4 Å². The van der Waals surface area contributed by atoms with Crippen LogP contribution in [0, 0.1) is 5.41 Å². The third-order valence-electron chi connectivity index (χ3n) is 4.14. The molecule has 1 fully saturated rings. The smallest absolute Gasteiger partial charge is 0.239 e. The Balaban J connectivity index is 2.03. The van der Waals surface area contributed by atoms with Crippen LogP contribution < -0.4 is 16.0 Å². The molecule has 9 heteroatoms. The second-order valence-electron chi connectivity index (χ2n) is 6.91. The van der Waals surface area contributed by atoms with Gasteiger partial charge in [-0.05, 0) is 38.5 Å². The molecule has 3 amide bonds. The molecular formula is C17H23N3O5S. The van der Waals surface area contributed by atoms with Crippen molar-refractivity contribution in [3.05, 3.63) is 24.3 Å². The van der Waals surface area contributed by atoms with Crippen molar-refractivity contribution >= 4 is 38.9 Å². The topological polar surface area (TPSA) is 121 Å². The highest BCUT2D eigenvalue weighted by Gasteiger charge is 2.39. The molecule has 0 bridgehead atoms. The molecule has 1 saturated heterocycles. The average Bonchev–Trinajstić information content (AvgIpc) is 2.85. The van der Waals surface area contributed by atoms with Crippen LogP contribution >= 0.6 is 0 Å². The second-order valence-corrected chi connectivity index (χ2v) is 9.14. The van der Waals surface area contributed by atoms with Crippen LogP contribution in [0.3, 0.4) is 0 Å². The van der Waals surface area contributed by atoms with Gasteiger partial charge in [0.05, 0.1) is 11.5 Å². The molecular weight excluding hydrogens is 358 g/mol. The molecule has 3 N–H and O–H groups in total. The number of hydrogen-bond acceptors (Lipinski definition) is 5. The molecule has 1 atom stereocenters. The molecule has 26 heavy (non-hydrogen) atoms. The SMILES string of the molecule is CC(=O)Nc1cccc(NC(=O)C(C)(C)C(=O)NC2CCS(=O)(=O)C2)c1. The van der Waals surface area contributed by atoms with Crippen molar-refractivity contribution in [2.45, 2.75) is 33.2 Å². The van der Waals surface area contributed by atoms with Crippen LogP contribution in [0.25, 0.3) is 0 Å². The third-order valence-corrected chi connectivity index (χ3v) is 5.91. The molecule has 8 nitrogen and oxygen atoms in total. The van der Waals surface area contributed by atoms with Gasteiger partial charge in [-0.3, -0.25) is 14.4 Å². The molecule has 1 aromatic rings. The molecule has 1 aliphatic rings. The van der Waals surface area contributed by atoms with Gasteiger partial charge in [0.15, 0.2) is 9.84 Å². The number of anilines is 2. The first-order valence-corrected chi connectivity index (χ1v) is 10.0. The lowest BCUT2D eigenvalue weighted by molar-refractivity contribution is -0.138. The quantitative estimate of drug-likeness (QED) is 0.655. The van der Waals surface area contributed by atoms with E-state index in [1.165, 1.54) is 20.8 Å². The molecule has 1 aliphatic heterocycles. The van der Waals surface area contributed by atoms with E-state index in [9.17, 15) is 22.8 Å². The first-order valence-electron chi connectivity index (χ1n) is 8.20. The second kappa shape index (κ2) is 7.45.